The predicted octanol–water partition coefficient (Wildman–Crippen LogP) is 5.76. The van der Waals surface area contributed by atoms with E-state index in [-0.39, 0.29) is 0 Å². The van der Waals surface area contributed by atoms with Crippen molar-refractivity contribution in [2.75, 3.05) is 5.32 Å². The third-order valence-electron chi connectivity index (χ3n) is 4.35. The summed E-state index contributed by atoms with van der Waals surface area (Å²) in [6.45, 7) is 2.22. The van der Waals surface area contributed by atoms with Gasteiger partial charge in [-0.2, -0.15) is 0 Å². The second kappa shape index (κ2) is 6.65. The van der Waals surface area contributed by atoms with Crippen LogP contribution in [-0.2, 0) is 6.42 Å². The Morgan fingerprint density at radius 2 is 1.76 bits per heavy atom. The lowest BCUT2D eigenvalue weighted by atomic mass is 9.76. The second-order valence-electron chi connectivity index (χ2n) is 5.98. The Balaban J connectivity index is 1.54. The van der Waals surface area contributed by atoms with E-state index in [1.807, 2.05) is 0 Å². The first-order chi connectivity index (χ1) is 10.3. The Kier molecular flexibility index (Phi) is 4.64. The van der Waals surface area contributed by atoms with Gasteiger partial charge in [-0.05, 0) is 54.5 Å². The van der Waals surface area contributed by atoms with Crippen LogP contribution in [0.1, 0.15) is 43.2 Å². The van der Waals surface area contributed by atoms with Crippen LogP contribution in [0.4, 0.5) is 5.69 Å². The molecule has 0 spiro atoms. The number of benzene rings is 2. The normalized spacial score (nSPS) is 20.9. The number of hydrogen-bond donors (Lipinski definition) is 1. The van der Waals surface area contributed by atoms with Gasteiger partial charge in [-0.3, -0.25) is 0 Å². The van der Waals surface area contributed by atoms with E-state index in [1.54, 1.807) is 0 Å². The number of anilines is 1. The standard InChI is InChI=1S/C19H22BrN/c1-2-5-14-8-10-16(11-9-14)21-17-12-15(13-17)18-6-3-4-7-19(18)20/h3-4,6-11,15,17,21H,2,5,12-13H2,1H3. The van der Waals surface area contributed by atoms with E-state index in [4.69, 9.17) is 0 Å². The summed E-state index contributed by atoms with van der Waals surface area (Å²) in [5, 5.41) is 3.65. The smallest absolute Gasteiger partial charge is 0.0342 e. The first-order valence-electron chi connectivity index (χ1n) is 7.86. The molecule has 1 nitrogen and oxygen atoms in total. The molecular formula is C19H22BrN. The first kappa shape index (κ1) is 14.6. The Labute approximate surface area is 135 Å². The minimum Gasteiger partial charge on any atom is -0.382 e. The molecule has 0 aromatic heterocycles. The van der Waals surface area contributed by atoms with Crippen molar-refractivity contribution in [3.8, 4) is 0 Å². The minimum atomic E-state index is 0.610. The average molecular weight is 344 g/mol. The monoisotopic (exact) mass is 343 g/mol. The van der Waals surface area contributed by atoms with E-state index in [1.165, 1.54) is 47.0 Å². The fourth-order valence-corrected chi connectivity index (χ4v) is 3.70. The van der Waals surface area contributed by atoms with Gasteiger partial charge >= 0.3 is 0 Å². The molecule has 2 aromatic carbocycles. The van der Waals surface area contributed by atoms with Gasteiger partial charge in [0.1, 0.15) is 0 Å². The van der Waals surface area contributed by atoms with Crippen LogP contribution in [0.3, 0.4) is 0 Å². The number of nitrogens with one attached hydrogen (secondary N) is 1. The maximum absolute atomic E-state index is 3.66. The lowest BCUT2D eigenvalue weighted by Crippen LogP contribution is -2.34. The highest BCUT2D eigenvalue weighted by atomic mass is 79.9. The molecule has 0 heterocycles. The van der Waals surface area contributed by atoms with Crippen LogP contribution in [0.15, 0.2) is 53.0 Å². The molecule has 0 bridgehead atoms. The topological polar surface area (TPSA) is 12.0 Å². The summed E-state index contributed by atoms with van der Waals surface area (Å²) in [7, 11) is 0. The van der Waals surface area contributed by atoms with Crippen LogP contribution in [0.2, 0.25) is 0 Å². The number of rotatable bonds is 5. The number of aryl methyl sites for hydroxylation is 1. The minimum absolute atomic E-state index is 0.610. The van der Waals surface area contributed by atoms with Crippen molar-refractivity contribution >= 4 is 21.6 Å². The lowest BCUT2D eigenvalue weighted by molar-refractivity contribution is 0.373. The third kappa shape index (κ3) is 3.49. The Morgan fingerprint density at radius 1 is 1.05 bits per heavy atom. The van der Waals surface area contributed by atoms with Gasteiger partial charge in [-0.25, -0.2) is 0 Å². The number of halogens is 1. The summed E-state index contributed by atoms with van der Waals surface area (Å²) in [4.78, 5) is 0. The van der Waals surface area contributed by atoms with E-state index < -0.39 is 0 Å². The zero-order valence-electron chi connectivity index (χ0n) is 12.5. The van der Waals surface area contributed by atoms with Crippen LogP contribution in [-0.4, -0.2) is 6.04 Å². The molecular weight excluding hydrogens is 322 g/mol. The molecule has 1 N–H and O–H groups in total. The van der Waals surface area contributed by atoms with Crippen molar-refractivity contribution in [2.24, 2.45) is 0 Å². The van der Waals surface area contributed by atoms with E-state index in [2.05, 4.69) is 76.7 Å². The Morgan fingerprint density at radius 3 is 2.43 bits per heavy atom. The highest BCUT2D eigenvalue weighted by Crippen LogP contribution is 2.41. The largest absolute Gasteiger partial charge is 0.382 e. The molecule has 0 saturated heterocycles. The maximum atomic E-state index is 3.66. The van der Waals surface area contributed by atoms with E-state index in [0.717, 1.165) is 0 Å². The quantitative estimate of drug-likeness (QED) is 0.727. The fraction of sp³-hybridized carbons (Fsp3) is 0.368. The zero-order valence-corrected chi connectivity index (χ0v) is 14.1. The van der Waals surface area contributed by atoms with Crippen molar-refractivity contribution in [2.45, 2.75) is 44.6 Å². The van der Waals surface area contributed by atoms with Crippen LogP contribution in [0.5, 0.6) is 0 Å². The molecule has 21 heavy (non-hydrogen) atoms. The third-order valence-corrected chi connectivity index (χ3v) is 5.07. The van der Waals surface area contributed by atoms with Crippen LogP contribution in [0.25, 0.3) is 0 Å². The average Bonchev–Trinajstić information content (AvgIpc) is 2.46. The van der Waals surface area contributed by atoms with Gasteiger partial charge in [0.2, 0.25) is 0 Å². The van der Waals surface area contributed by atoms with Gasteiger partial charge in [-0.15, -0.1) is 0 Å². The molecule has 2 heteroatoms. The lowest BCUT2D eigenvalue weighted by Gasteiger charge is -2.37. The molecule has 3 rings (SSSR count). The molecule has 0 aliphatic heterocycles. The summed E-state index contributed by atoms with van der Waals surface area (Å²) in [6.07, 6.45) is 4.83. The van der Waals surface area contributed by atoms with Crippen molar-refractivity contribution in [1.29, 1.82) is 0 Å². The zero-order chi connectivity index (χ0) is 14.7. The van der Waals surface area contributed by atoms with E-state index >= 15 is 0 Å². The second-order valence-corrected chi connectivity index (χ2v) is 6.83. The molecule has 1 saturated carbocycles. The molecule has 110 valence electrons. The van der Waals surface area contributed by atoms with Gasteiger partial charge in [-0.1, -0.05) is 59.6 Å². The van der Waals surface area contributed by atoms with Crippen molar-refractivity contribution in [3.05, 3.63) is 64.1 Å². The SMILES string of the molecule is CCCc1ccc(NC2CC(c3ccccc3Br)C2)cc1. The molecule has 1 fully saturated rings. The van der Waals surface area contributed by atoms with Crippen LogP contribution >= 0.6 is 15.9 Å². The van der Waals surface area contributed by atoms with Crippen molar-refractivity contribution in [3.63, 3.8) is 0 Å². The Bertz CT molecular complexity index is 585. The maximum Gasteiger partial charge on any atom is 0.0342 e. The molecule has 1 aliphatic rings. The van der Waals surface area contributed by atoms with Crippen LogP contribution in [0, 0.1) is 0 Å². The van der Waals surface area contributed by atoms with Crippen molar-refractivity contribution < 1.29 is 0 Å². The van der Waals surface area contributed by atoms with E-state index in [9.17, 15) is 0 Å². The molecule has 0 unspecified atom stereocenters. The summed E-state index contributed by atoms with van der Waals surface area (Å²) < 4.78 is 1.25. The Hall–Kier alpha value is -1.28. The van der Waals surface area contributed by atoms with Gasteiger partial charge in [0.15, 0.2) is 0 Å². The summed E-state index contributed by atoms with van der Waals surface area (Å²) in [5.41, 5.74) is 4.14. The van der Waals surface area contributed by atoms with E-state index in [0.29, 0.717) is 12.0 Å². The predicted molar refractivity (Wildman–Crippen MR) is 94.0 cm³/mol. The highest BCUT2D eigenvalue weighted by molar-refractivity contribution is 9.10. The molecule has 0 atom stereocenters. The van der Waals surface area contributed by atoms with Gasteiger partial charge in [0, 0.05) is 16.2 Å². The first-order valence-corrected chi connectivity index (χ1v) is 8.65. The fourth-order valence-electron chi connectivity index (χ4n) is 3.09. The summed E-state index contributed by atoms with van der Waals surface area (Å²) >= 11 is 3.66. The molecule has 1 aliphatic carbocycles. The summed E-state index contributed by atoms with van der Waals surface area (Å²) in [5.74, 6) is 0.692. The van der Waals surface area contributed by atoms with Gasteiger partial charge < -0.3 is 5.32 Å². The van der Waals surface area contributed by atoms with Gasteiger partial charge in [0.05, 0.1) is 0 Å². The molecule has 2 aromatic rings. The van der Waals surface area contributed by atoms with Gasteiger partial charge in [0.25, 0.3) is 0 Å². The molecule has 0 amide bonds. The highest BCUT2D eigenvalue weighted by Gasteiger charge is 2.31. The number of hydrogen-bond acceptors (Lipinski definition) is 1. The molecule has 0 radical (unpaired) electrons. The van der Waals surface area contributed by atoms with Crippen molar-refractivity contribution in [1.82, 2.24) is 0 Å². The summed E-state index contributed by atoms with van der Waals surface area (Å²) in [6, 6.07) is 18.1. The van der Waals surface area contributed by atoms with Crippen LogP contribution < -0.4 is 5.32 Å².